The fourth-order valence-corrected chi connectivity index (χ4v) is 2.02. The van der Waals surface area contributed by atoms with Gasteiger partial charge >= 0.3 is 5.97 Å². The van der Waals surface area contributed by atoms with E-state index in [0.717, 1.165) is 0 Å². The van der Waals surface area contributed by atoms with Gasteiger partial charge in [-0.2, -0.15) is 5.26 Å². The fraction of sp³-hybridized carbons (Fsp3) is 0.333. The molecule has 0 radical (unpaired) electrons. The molecule has 0 unspecified atom stereocenters. The van der Waals surface area contributed by atoms with E-state index >= 15 is 0 Å². The monoisotopic (exact) mass is 340 g/mol. The Morgan fingerprint density at radius 3 is 2.64 bits per heavy atom. The summed E-state index contributed by atoms with van der Waals surface area (Å²) in [5.41, 5.74) is 1.12. The van der Waals surface area contributed by atoms with Gasteiger partial charge in [0.1, 0.15) is 12.1 Å². The smallest absolute Gasteiger partial charge is 0.332 e. The van der Waals surface area contributed by atoms with Crippen molar-refractivity contribution in [1.29, 1.82) is 5.26 Å². The molecule has 0 bridgehead atoms. The molecule has 0 N–H and O–H groups in total. The highest BCUT2D eigenvalue weighted by atomic mass is 16.5. The summed E-state index contributed by atoms with van der Waals surface area (Å²) in [6, 6.07) is 7.23. The molecule has 0 spiro atoms. The summed E-state index contributed by atoms with van der Waals surface area (Å²) >= 11 is 0. The number of nitriles is 1. The van der Waals surface area contributed by atoms with Crippen LogP contribution in [0.25, 0.3) is 17.6 Å². The molecule has 7 heteroatoms. The minimum Gasteiger partial charge on any atom is -0.491 e. The van der Waals surface area contributed by atoms with Gasteiger partial charge in [-0.15, -0.1) is 5.10 Å². The highest BCUT2D eigenvalue weighted by Crippen LogP contribution is 2.24. The van der Waals surface area contributed by atoms with E-state index in [2.05, 4.69) is 16.2 Å². The molecule has 0 saturated carbocycles. The van der Waals surface area contributed by atoms with Crippen LogP contribution in [0.2, 0.25) is 0 Å². The second-order valence-electron chi connectivity index (χ2n) is 5.87. The number of esters is 1. The largest absolute Gasteiger partial charge is 0.491 e. The molecule has 0 atom stereocenters. The number of rotatable bonds is 6. The topological polar surface area (TPSA) is 90.0 Å². The maximum absolute atomic E-state index is 11.5. The lowest BCUT2D eigenvalue weighted by molar-refractivity contribution is -0.141. The molecule has 0 aliphatic heterocycles. The van der Waals surface area contributed by atoms with Crippen LogP contribution in [-0.4, -0.2) is 32.9 Å². The molecule has 1 heterocycles. The Bertz CT molecular complexity index is 816. The summed E-state index contributed by atoms with van der Waals surface area (Å²) in [6.07, 6.45) is 4.01. The normalized spacial score (nSPS) is 11.1. The molecular weight excluding hydrogens is 320 g/mol. The molecule has 0 saturated heterocycles. The molecule has 0 fully saturated rings. The summed E-state index contributed by atoms with van der Waals surface area (Å²) in [5, 5.41) is 13.4. The first-order valence-electron chi connectivity index (χ1n) is 7.89. The Kier molecular flexibility index (Phi) is 5.90. The van der Waals surface area contributed by atoms with Gasteiger partial charge in [0.2, 0.25) is 0 Å². The van der Waals surface area contributed by atoms with Crippen molar-refractivity contribution >= 4 is 12.2 Å². The van der Waals surface area contributed by atoms with Gasteiger partial charge in [0.25, 0.3) is 0 Å². The van der Waals surface area contributed by atoms with E-state index < -0.39 is 5.97 Å². The second kappa shape index (κ2) is 8.11. The molecule has 1 aromatic carbocycles. The van der Waals surface area contributed by atoms with Crippen LogP contribution in [0.5, 0.6) is 5.75 Å². The quantitative estimate of drug-likeness (QED) is 0.593. The Balaban J connectivity index is 2.23. The highest BCUT2D eigenvalue weighted by molar-refractivity contribution is 5.85. The number of nitrogens with zero attached hydrogens (tertiary/aromatic N) is 4. The first kappa shape index (κ1) is 18.2. The lowest BCUT2D eigenvalue weighted by Gasteiger charge is -2.10. The van der Waals surface area contributed by atoms with E-state index in [0.29, 0.717) is 22.7 Å². The number of hydrogen-bond donors (Lipinski definition) is 0. The van der Waals surface area contributed by atoms with Crippen molar-refractivity contribution in [3.8, 4) is 23.2 Å². The Labute approximate surface area is 146 Å². The molecule has 2 rings (SSSR count). The highest BCUT2D eigenvalue weighted by Gasteiger charge is 2.09. The second-order valence-corrected chi connectivity index (χ2v) is 5.87. The van der Waals surface area contributed by atoms with Crippen LogP contribution in [0.15, 0.2) is 30.6 Å². The third-order valence-electron chi connectivity index (χ3n) is 2.89. The van der Waals surface area contributed by atoms with Crippen molar-refractivity contribution in [3.05, 3.63) is 36.2 Å². The van der Waals surface area contributed by atoms with E-state index in [-0.39, 0.29) is 12.2 Å². The van der Waals surface area contributed by atoms with Gasteiger partial charge < -0.3 is 9.47 Å². The van der Waals surface area contributed by atoms with Gasteiger partial charge in [0, 0.05) is 17.8 Å². The summed E-state index contributed by atoms with van der Waals surface area (Å²) in [4.78, 5) is 15.7. The molecule has 0 aliphatic carbocycles. The summed E-state index contributed by atoms with van der Waals surface area (Å²) in [5.74, 6) is 0.551. The van der Waals surface area contributed by atoms with Gasteiger partial charge in [-0.25, -0.2) is 14.5 Å². The van der Waals surface area contributed by atoms with Crippen LogP contribution in [0.1, 0.15) is 33.3 Å². The van der Waals surface area contributed by atoms with Crippen molar-refractivity contribution in [2.45, 2.75) is 39.9 Å². The first-order valence-corrected chi connectivity index (χ1v) is 7.89. The zero-order valence-electron chi connectivity index (χ0n) is 14.6. The average molecular weight is 340 g/mol. The zero-order chi connectivity index (χ0) is 18.4. The maximum atomic E-state index is 11.5. The molecule has 0 aliphatic rings. The number of hydrogen-bond acceptors (Lipinski definition) is 6. The zero-order valence-corrected chi connectivity index (χ0v) is 14.6. The Morgan fingerprint density at radius 1 is 1.24 bits per heavy atom. The van der Waals surface area contributed by atoms with Crippen molar-refractivity contribution < 1.29 is 14.3 Å². The molecule has 2 aromatic rings. The summed E-state index contributed by atoms with van der Waals surface area (Å²) in [7, 11) is 0. The number of ether oxygens (including phenoxy) is 2. The van der Waals surface area contributed by atoms with E-state index in [1.54, 1.807) is 32.0 Å². The van der Waals surface area contributed by atoms with Gasteiger partial charge in [0.15, 0.2) is 5.82 Å². The number of carbonyl (C=O) groups is 1. The van der Waals surface area contributed by atoms with Crippen molar-refractivity contribution in [3.63, 3.8) is 0 Å². The minimum absolute atomic E-state index is 0.0118. The lowest BCUT2D eigenvalue weighted by Crippen LogP contribution is -2.08. The van der Waals surface area contributed by atoms with Crippen LogP contribution in [0.3, 0.4) is 0 Å². The van der Waals surface area contributed by atoms with Crippen LogP contribution in [0, 0.1) is 11.3 Å². The summed E-state index contributed by atoms with van der Waals surface area (Å²) in [6.45, 7) is 7.37. The van der Waals surface area contributed by atoms with Crippen LogP contribution in [0.4, 0.5) is 0 Å². The van der Waals surface area contributed by atoms with Gasteiger partial charge in [-0.1, -0.05) is 0 Å². The van der Waals surface area contributed by atoms with Crippen molar-refractivity contribution in [2.24, 2.45) is 0 Å². The molecular formula is C18H20N4O3. The molecule has 1 aromatic heterocycles. The minimum atomic E-state index is -0.453. The molecule has 0 amide bonds. The predicted octanol–water partition coefficient (Wildman–Crippen LogP) is 3.03. The maximum Gasteiger partial charge on any atom is 0.332 e. The molecule has 7 nitrogen and oxygen atoms in total. The number of aromatic nitrogens is 3. The van der Waals surface area contributed by atoms with Gasteiger partial charge in [0.05, 0.1) is 23.8 Å². The van der Waals surface area contributed by atoms with E-state index in [4.69, 9.17) is 9.47 Å². The third kappa shape index (κ3) is 5.46. The fourth-order valence-electron chi connectivity index (χ4n) is 2.02. The predicted molar refractivity (Wildman–Crippen MR) is 92.5 cm³/mol. The Hall–Kier alpha value is -3.14. The standard InChI is InChI=1S/C18H20N4O3/c1-12(2)24-16-8-14(10-19)7-15(9-16)18-20-11-22(21-18)6-5-17(23)25-13(3)4/h5-9,11-13H,1-4H3. The van der Waals surface area contributed by atoms with Gasteiger partial charge in [-0.05, 0) is 45.9 Å². The summed E-state index contributed by atoms with van der Waals surface area (Å²) < 4.78 is 12.1. The van der Waals surface area contributed by atoms with E-state index in [9.17, 15) is 10.1 Å². The molecule has 25 heavy (non-hydrogen) atoms. The van der Waals surface area contributed by atoms with Crippen LogP contribution in [-0.2, 0) is 9.53 Å². The molecule has 130 valence electrons. The van der Waals surface area contributed by atoms with Crippen molar-refractivity contribution in [2.75, 3.05) is 0 Å². The number of benzene rings is 1. The van der Waals surface area contributed by atoms with Crippen LogP contribution < -0.4 is 4.74 Å². The SMILES string of the molecule is CC(C)OC(=O)C=Cn1cnc(-c2cc(C#N)cc(OC(C)C)c2)n1. The number of carbonyl (C=O) groups excluding carboxylic acids is 1. The average Bonchev–Trinajstić information content (AvgIpc) is 3.00. The first-order chi connectivity index (χ1) is 11.9. The van der Waals surface area contributed by atoms with Gasteiger partial charge in [-0.3, -0.25) is 0 Å². The van der Waals surface area contributed by atoms with E-state index in [1.807, 2.05) is 13.8 Å². The van der Waals surface area contributed by atoms with Crippen LogP contribution >= 0.6 is 0 Å². The van der Waals surface area contributed by atoms with Crippen molar-refractivity contribution in [1.82, 2.24) is 14.8 Å². The third-order valence-corrected chi connectivity index (χ3v) is 2.89. The Morgan fingerprint density at radius 2 is 2.00 bits per heavy atom. The van der Waals surface area contributed by atoms with E-state index in [1.165, 1.54) is 23.3 Å². The lowest BCUT2D eigenvalue weighted by atomic mass is 10.1.